The molecular weight excluding hydrogens is 228 g/mol. The first kappa shape index (κ1) is 14.7. The number of ketones is 1. The zero-order chi connectivity index (χ0) is 13.6. The van der Waals surface area contributed by atoms with Crippen LogP contribution in [0.25, 0.3) is 0 Å². The van der Waals surface area contributed by atoms with Crippen LogP contribution in [0.3, 0.4) is 0 Å². The molecule has 100 valence electrons. The number of methoxy groups -OCH3 is 1. The Bertz CT molecular complexity index is 379. The van der Waals surface area contributed by atoms with E-state index in [1.165, 1.54) is 0 Å². The van der Waals surface area contributed by atoms with Crippen LogP contribution in [0.4, 0.5) is 0 Å². The van der Waals surface area contributed by atoms with E-state index >= 15 is 0 Å². The lowest BCUT2D eigenvalue weighted by Gasteiger charge is -2.22. The molecule has 18 heavy (non-hydrogen) atoms. The number of carbonyl (C=O) groups excluding carboxylic acids is 1. The van der Waals surface area contributed by atoms with Crippen molar-refractivity contribution in [2.45, 2.75) is 39.2 Å². The topological polar surface area (TPSA) is 35.5 Å². The summed E-state index contributed by atoms with van der Waals surface area (Å²) in [4.78, 5) is 11.0. The number of ether oxygens (including phenoxy) is 2. The van der Waals surface area contributed by atoms with Crippen molar-refractivity contribution < 1.29 is 14.3 Å². The van der Waals surface area contributed by atoms with Gasteiger partial charge in [0.2, 0.25) is 0 Å². The molecule has 0 atom stereocenters. The number of carbonyl (C=O) groups is 1. The summed E-state index contributed by atoms with van der Waals surface area (Å²) in [7, 11) is 1.70. The van der Waals surface area contributed by atoms with Crippen molar-refractivity contribution in [3.8, 4) is 5.75 Å². The molecule has 0 unspecified atom stereocenters. The van der Waals surface area contributed by atoms with Gasteiger partial charge in [-0.3, -0.25) is 4.79 Å². The fourth-order valence-corrected chi connectivity index (χ4v) is 1.51. The van der Waals surface area contributed by atoms with Gasteiger partial charge < -0.3 is 9.47 Å². The molecule has 1 aromatic carbocycles. The van der Waals surface area contributed by atoms with Crippen LogP contribution in [0.5, 0.6) is 5.75 Å². The average molecular weight is 250 g/mol. The second-order valence-electron chi connectivity index (χ2n) is 5.09. The van der Waals surface area contributed by atoms with Crippen molar-refractivity contribution in [3.63, 3.8) is 0 Å². The second kappa shape index (κ2) is 6.55. The molecule has 0 fully saturated rings. The lowest BCUT2D eigenvalue weighted by molar-refractivity contribution is -0.116. The molecule has 3 nitrogen and oxygen atoms in total. The van der Waals surface area contributed by atoms with Crippen LogP contribution in [0.15, 0.2) is 24.3 Å². The Labute approximate surface area is 109 Å². The second-order valence-corrected chi connectivity index (χ2v) is 5.09. The summed E-state index contributed by atoms with van der Waals surface area (Å²) in [6.07, 6.45) is 1.32. The molecule has 0 amide bonds. The molecular formula is C15H22O3. The molecule has 0 aliphatic carbocycles. The molecule has 0 aromatic heterocycles. The van der Waals surface area contributed by atoms with E-state index in [4.69, 9.17) is 9.47 Å². The SMILES string of the molecule is COC(C)(C)CCOc1ccc(CC(C)=O)cc1. The summed E-state index contributed by atoms with van der Waals surface area (Å²) in [5.74, 6) is 1.000. The van der Waals surface area contributed by atoms with Crippen LogP contribution in [-0.4, -0.2) is 25.1 Å². The van der Waals surface area contributed by atoms with Crippen LogP contribution >= 0.6 is 0 Å². The van der Waals surface area contributed by atoms with Gasteiger partial charge in [0.05, 0.1) is 12.2 Å². The van der Waals surface area contributed by atoms with Gasteiger partial charge in [0.1, 0.15) is 11.5 Å². The van der Waals surface area contributed by atoms with Gasteiger partial charge in [-0.15, -0.1) is 0 Å². The number of benzene rings is 1. The normalized spacial score (nSPS) is 11.3. The third-order valence-electron chi connectivity index (χ3n) is 2.90. The molecule has 0 aliphatic heterocycles. The van der Waals surface area contributed by atoms with Gasteiger partial charge >= 0.3 is 0 Å². The number of Topliss-reactive ketones (excluding diaryl/α,β-unsaturated/α-hetero) is 1. The van der Waals surface area contributed by atoms with Gasteiger partial charge in [-0.2, -0.15) is 0 Å². The summed E-state index contributed by atoms with van der Waals surface area (Å²) >= 11 is 0. The van der Waals surface area contributed by atoms with Crippen LogP contribution in [0.1, 0.15) is 32.8 Å². The first-order valence-corrected chi connectivity index (χ1v) is 6.19. The Balaban J connectivity index is 2.42. The van der Waals surface area contributed by atoms with Crippen molar-refractivity contribution >= 4 is 5.78 Å². The molecule has 1 rings (SSSR count). The highest BCUT2D eigenvalue weighted by Gasteiger charge is 2.15. The van der Waals surface area contributed by atoms with Gasteiger partial charge in [-0.1, -0.05) is 12.1 Å². The Morgan fingerprint density at radius 1 is 1.22 bits per heavy atom. The summed E-state index contributed by atoms with van der Waals surface area (Å²) in [5, 5.41) is 0. The van der Waals surface area contributed by atoms with Crippen molar-refractivity contribution in [3.05, 3.63) is 29.8 Å². The van der Waals surface area contributed by atoms with Crippen molar-refractivity contribution in [1.29, 1.82) is 0 Å². The zero-order valence-corrected chi connectivity index (χ0v) is 11.7. The van der Waals surface area contributed by atoms with Crippen molar-refractivity contribution in [2.75, 3.05) is 13.7 Å². The first-order valence-electron chi connectivity index (χ1n) is 6.19. The van der Waals surface area contributed by atoms with Gasteiger partial charge in [-0.05, 0) is 38.5 Å². The van der Waals surface area contributed by atoms with Gasteiger partial charge in [0.25, 0.3) is 0 Å². The number of hydrogen-bond acceptors (Lipinski definition) is 3. The van der Waals surface area contributed by atoms with Crippen LogP contribution in [0, 0.1) is 0 Å². The highest BCUT2D eigenvalue weighted by Crippen LogP contribution is 2.16. The van der Waals surface area contributed by atoms with Crippen molar-refractivity contribution in [1.82, 2.24) is 0 Å². The molecule has 0 spiro atoms. The number of hydrogen-bond donors (Lipinski definition) is 0. The lowest BCUT2D eigenvalue weighted by atomic mass is 10.1. The van der Waals surface area contributed by atoms with Crippen LogP contribution < -0.4 is 4.74 Å². The molecule has 1 aromatic rings. The molecule has 0 N–H and O–H groups in total. The summed E-state index contributed by atoms with van der Waals surface area (Å²) < 4.78 is 11.0. The summed E-state index contributed by atoms with van der Waals surface area (Å²) in [6.45, 7) is 6.28. The highest BCUT2D eigenvalue weighted by atomic mass is 16.5. The third-order valence-corrected chi connectivity index (χ3v) is 2.90. The van der Waals surface area contributed by atoms with E-state index < -0.39 is 0 Å². The lowest BCUT2D eigenvalue weighted by Crippen LogP contribution is -2.25. The minimum absolute atomic E-state index is 0.158. The van der Waals surface area contributed by atoms with E-state index in [2.05, 4.69) is 0 Å². The van der Waals surface area contributed by atoms with E-state index in [-0.39, 0.29) is 11.4 Å². The van der Waals surface area contributed by atoms with E-state index in [1.54, 1.807) is 14.0 Å². The zero-order valence-electron chi connectivity index (χ0n) is 11.7. The smallest absolute Gasteiger partial charge is 0.134 e. The maximum Gasteiger partial charge on any atom is 0.134 e. The Hall–Kier alpha value is -1.35. The molecule has 0 bridgehead atoms. The van der Waals surface area contributed by atoms with Gasteiger partial charge in [-0.25, -0.2) is 0 Å². The Kier molecular flexibility index (Phi) is 5.35. The standard InChI is InChI=1S/C15H22O3/c1-12(16)11-13-5-7-14(8-6-13)18-10-9-15(2,3)17-4/h5-8H,9-11H2,1-4H3. The largest absolute Gasteiger partial charge is 0.493 e. The fraction of sp³-hybridized carbons (Fsp3) is 0.533. The van der Waals surface area contributed by atoms with E-state index in [9.17, 15) is 4.79 Å². The van der Waals surface area contributed by atoms with E-state index in [0.717, 1.165) is 17.7 Å². The quantitative estimate of drug-likeness (QED) is 0.746. The molecule has 0 heterocycles. The predicted molar refractivity (Wildman–Crippen MR) is 72.0 cm³/mol. The first-order chi connectivity index (χ1) is 8.43. The minimum atomic E-state index is -0.158. The van der Waals surface area contributed by atoms with Crippen LogP contribution in [-0.2, 0) is 16.0 Å². The summed E-state index contributed by atoms with van der Waals surface area (Å²) in [5.41, 5.74) is 0.862. The van der Waals surface area contributed by atoms with Crippen molar-refractivity contribution in [2.24, 2.45) is 0 Å². The minimum Gasteiger partial charge on any atom is -0.493 e. The maximum absolute atomic E-state index is 11.0. The molecule has 0 saturated heterocycles. The molecule has 0 aliphatic rings. The average Bonchev–Trinajstić information content (AvgIpc) is 2.30. The van der Waals surface area contributed by atoms with Gasteiger partial charge in [0.15, 0.2) is 0 Å². The molecule has 3 heteroatoms. The molecule has 0 radical (unpaired) electrons. The Morgan fingerprint density at radius 2 is 1.83 bits per heavy atom. The Morgan fingerprint density at radius 3 is 2.33 bits per heavy atom. The number of rotatable bonds is 7. The monoisotopic (exact) mass is 250 g/mol. The predicted octanol–water partition coefficient (Wildman–Crippen LogP) is 3.01. The summed E-state index contributed by atoms with van der Waals surface area (Å²) in [6, 6.07) is 7.66. The van der Waals surface area contributed by atoms with Crippen LogP contribution in [0.2, 0.25) is 0 Å². The van der Waals surface area contributed by atoms with E-state index in [0.29, 0.717) is 13.0 Å². The highest BCUT2D eigenvalue weighted by molar-refractivity contribution is 5.78. The molecule has 0 saturated carbocycles. The third kappa shape index (κ3) is 5.32. The maximum atomic E-state index is 11.0. The van der Waals surface area contributed by atoms with Gasteiger partial charge in [0, 0.05) is 20.0 Å². The van der Waals surface area contributed by atoms with E-state index in [1.807, 2.05) is 38.1 Å². The fourth-order valence-electron chi connectivity index (χ4n) is 1.51.